The van der Waals surface area contributed by atoms with Crippen molar-refractivity contribution in [1.29, 1.82) is 0 Å². The number of likely N-dealkylation sites (N-methyl/N-ethyl adjacent to an activating group) is 1. The number of hydrogen-bond acceptors (Lipinski definition) is 2. The van der Waals surface area contributed by atoms with Crippen molar-refractivity contribution >= 4 is 27.3 Å². The molecule has 1 atom stereocenters. The minimum atomic E-state index is 0.543. The molecule has 0 radical (unpaired) electrons. The van der Waals surface area contributed by atoms with E-state index in [1.54, 1.807) is 0 Å². The second-order valence-electron chi connectivity index (χ2n) is 4.34. The predicted octanol–water partition coefficient (Wildman–Crippen LogP) is 4.45. The summed E-state index contributed by atoms with van der Waals surface area (Å²) in [7, 11) is 0. The molecule has 0 aliphatic heterocycles. The number of benzene rings is 1. The molecule has 0 fully saturated rings. The molecule has 0 bridgehead atoms. The third-order valence-corrected chi connectivity index (χ3v) is 4.38. The summed E-state index contributed by atoms with van der Waals surface area (Å²) >= 11 is 5.40. The van der Waals surface area contributed by atoms with Crippen molar-refractivity contribution in [2.45, 2.75) is 19.3 Å². The van der Waals surface area contributed by atoms with Gasteiger partial charge in [0.2, 0.25) is 0 Å². The molecule has 0 amide bonds. The molecular weight excluding hydrogens is 306 g/mol. The lowest BCUT2D eigenvalue weighted by Gasteiger charge is -2.17. The van der Waals surface area contributed by atoms with Gasteiger partial charge in [0, 0.05) is 21.8 Å². The molecular formula is C15H18BrNS. The SMILES string of the molecule is CCNCC(Cc1cccs1)c1cccc(Br)c1. The van der Waals surface area contributed by atoms with Crippen molar-refractivity contribution in [3.8, 4) is 0 Å². The maximum absolute atomic E-state index is 3.56. The van der Waals surface area contributed by atoms with Crippen molar-refractivity contribution in [3.63, 3.8) is 0 Å². The Morgan fingerprint density at radius 3 is 2.83 bits per heavy atom. The van der Waals surface area contributed by atoms with E-state index in [2.05, 4.69) is 69.9 Å². The average molecular weight is 324 g/mol. The first-order chi connectivity index (χ1) is 8.79. The number of thiophene rings is 1. The van der Waals surface area contributed by atoms with Crippen molar-refractivity contribution in [2.75, 3.05) is 13.1 Å². The monoisotopic (exact) mass is 323 g/mol. The first kappa shape index (κ1) is 13.8. The van der Waals surface area contributed by atoms with Crippen molar-refractivity contribution in [2.24, 2.45) is 0 Å². The first-order valence-electron chi connectivity index (χ1n) is 6.28. The summed E-state index contributed by atoms with van der Waals surface area (Å²) in [5.41, 5.74) is 1.40. The predicted molar refractivity (Wildman–Crippen MR) is 83.4 cm³/mol. The lowest BCUT2D eigenvalue weighted by molar-refractivity contribution is 0.598. The van der Waals surface area contributed by atoms with Gasteiger partial charge in [-0.15, -0.1) is 11.3 Å². The molecule has 0 aliphatic carbocycles. The Bertz CT molecular complexity index is 467. The van der Waals surface area contributed by atoms with E-state index in [1.165, 1.54) is 10.4 Å². The fraction of sp³-hybridized carbons (Fsp3) is 0.333. The Labute approximate surface area is 121 Å². The maximum Gasteiger partial charge on any atom is 0.0178 e. The standard InChI is InChI=1S/C15H18BrNS/c1-2-17-11-13(10-15-7-4-8-18-15)12-5-3-6-14(16)9-12/h3-9,13,17H,2,10-11H2,1H3. The second kappa shape index (κ2) is 7.07. The van der Waals surface area contributed by atoms with Crippen molar-refractivity contribution < 1.29 is 0 Å². The van der Waals surface area contributed by atoms with Crippen LogP contribution in [0.4, 0.5) is 0 Å². The zero-order chi connectivity index (χ0) is 12.8. The van der Waals surface area contributed by atoms with Crippen LogP contribution in [0.1, 0.15) is 23.3 Å². The molecule has 1 N–H and O–H groups in total. The Morgan fingerprint density at radius 2 is 2.17 bits per heavy atom. The quantitative estimate of drug-likeness (QED) is 0.828. The van der Waals surface area contributed by atoms with Crippen molar-refractivity contribution in [1.82, 2.24) is 5.32 Å². The van der Waals surface area contributed by atoms with E-state index in [0.717, 1.165) is 24.0 Å². The van der Waals surface area contributed by atoms with Gasteiger partial charge in [0.25, 0.3) is 0 Å². The van der Waals surface area contributed by atoms with Gasteiger partial charge < -0.3 is 5.32 Å². The number of halogens is 1. The van der Waals surface area contributed by atoms with E-state index in [9.17, 15) is 0 Å². The van der Waals surface area contributed by atoms with Crippen molar-refractivity contribution in [3.05, 3.63) is 56.7 Å². The lowest BCUT2D eigenvalue weighted by Crippen LogP contribution is -2.22. The van der Waals surface area contributed by atoms with Crippen LogP contribution >= 0.6 is 27.3 Å². The summed E-state index contributed by atoms with van der Waals surface area (Å²) in [5, 5.41) is 5.62. The highest BCUT2D eigenvalue weighted by atomic mass is 79.9. The van der Waals surface area contributed by atoms with Gasteiger partial charge in [-0.2, -0.15) is 0 Å². The molecule has 0 saturated carbocycles. The summed E-state index contributed by atoms with van der Waals surface area (Å²) in [4.78, 5) is 1.46. The molecule has 0 aliphatic rings. The highest BCUT2D eigenvalue weighted by molar-refractivity contribution is 9.10. The Kier molecular flexibility index (Phi) is 5.42. The fourth-order valence-electron chi connectivity index (χ4n) is 2.06. The third kappa shape index (κ3) is 3.94. The molecule has 96 valence electrons. The van der Waals surface area contributed by atoms with Crippen LogP contribution < -0.4 is 5.32 Å². The van der Waals surface area contributed by atoms with Gasteiger partial charge in [0.15, 0.2) is 0 Å². The first-order valence-corrected chi connectivity index (χ1v) is 7.95. The van der Waals surface area contributed by atoms with E-state index in [1.807, 2.05) is 11.3 Å². The molecule has 2 aromatic rings. The molecule has 1 unspecified atom stereocenters. The lowest BCUT2D eigenvalue weighted by atomic mass is 9.95. The molecule has 1 nitrogen and oxygen atoms in total. The molecule has 18 heavy (non-hydrogen) atoms. The van der Waals surface area contributed by atoms with Gasteiger partial charge in [-0.3, -0.25) is 0 Å². The summed E-state index contributed by atoms with van der Waals surface area (Å²) < 4.78 is 1.16. The third-order valence-electron chi connectivity index (χ3n) is 2.99. The van der Waals surface area contributed by atoms with Gasteiger partial charge >= 0.3 is 0 Å². The topological polar surface area (TPSA) is 12.0 Å². The number of rotatable bonds is 6. The summed E-state index contributed by atoms with van der Waals surface area (Å²) in [6.07, 6.45) is 1.11. The smallest absolute Gasteiger partial charge is 0.0178 e. The van der Waals surface area contributed by atoms with Crippen LogP contribution in [0, 0.1) is 0 Å². The van der Waals surface area contributed by atoms with Gasteiger partial charge in [0.1, 0.15) is 0 Å². The van der Waals surface area contributed by atoms with Crippen LogP contribution in [-0.2, 0) is 6.42 Å². The van der Waals surface area contributed by atoms with Crippen LogP contribution in [-0.4, -0.2) is 13.1 Å². The van der Waals surface area contributed by atoms with E-state index < -0.39 is 0 Å². The summed E-state index contributed by atoms with van der Waals surface area (Å²) in [5.74, 6) is 0.543. The summed E-state index contributed by atoms with van der Waals surface area (Å²) in [6.45, 7) is 4.21. The zero-order valence-electron chi connectivity index (χ0n) is 10.5. The van der Waals surface area contributed by atoms with Crippen LogP contribution in [0.25, 0.3) is 0 Å². The van der Waals surface area contributed by atoms with Gasteiger partial charge in [0.05, 0.1) is 0 Å². The van der Waals surface area contributed by atoms with E-state index in [-0.39, 0.29) is 0 Å². The minimum absolute atomic E-state index is 0.543. The Balaban J connectivity index is 2.13. The number of nitrogens with one attached hydrogen (secondary N) is 1. The van der Waals surface area contributed by atoms with Crippen LogP contribution in [0.15, 0.2) is 46.3 Å². The zero-order valence-corrected chi connectivity index (χ0v) is 12.9. The molecule has 1 aromatic heterocycles. The number of hydrogen-bond donors (Lipinski definition) is 1. The van der Waals surface area contributed by atoms with Gasteiger partial charge in [-0.1, -0.05) is 41.1 Å². The highest BCUT2D eigenvalue weighted by Crippen LogP contribution is 2.25. The second-order valence-corrected chi connectivity index (χ2v) is 6.29. The van der Waals surface area contributed by atoms with Gasteiger partial charge in [-0.05, 0) is 42.1 Å². The molecule has 1 aromatic carbocycles. The van der Waals surface area contributed by atoms with Gasteiger partial charge in [-0.25, -0.2) is 0 Å². The minimum Gasteiger partial charge on any atom is -0.316 e. The van der Waals surface area contributed by atoms with E-state index in [0.29, 0.717) is 5.92 Å². The Hall–Kier alpha value is -0.640. The van der Waals surface area contributed by atoms with E-state index >= 15 is 0 Å². The maximum atomic E-state index is 3.56. The molecule has 3 heteroatoms. The largest absolute Gasteiger partial charge is 0.316 e. The van der Waals surface area contributed by atoms with E-state index in [4.69, 9.17) is 0 Å². The molecule has 2 rings (SSSR count). The molecule has 0 saturated heterocycles. The van der Waals surface area contributed by atoms with Crippen LogP contribution in [0.5, 0.6) is 0 Å². The normalized spacial score (nSPS) is 12.6. The average Bonchev–Trinajstić information content (AvgIpc) is 2.87. The summed E-state index contributed by atoms with van der Waals surface area (Å²) in [6, 6.07) is 13.0. The Morgan fingerprint density at radius 1 is 1.28 bits per heavy atom. The van der Waals surface area contributed by atoms with Crippen LogP contribution in [0.3, 0.4) is 0 Å². The highest BCUT2D eigenvalue weighted by Gasteiger charge is 2.12. The van der Waals surface area contributed by atoms with Crippen LogP contribution in [0.2, 0.25) is 0 Å². The molecule has 1 heterocycles. The fourth-order valence-corrected chi connectivity index (χ4v) is 3.26. The molecule has 0 spiro atoms.